The zero-order valence-electron chi connectivity index (χ0n) is 18.0. The van der Waals surface area contributed by atoms with Gasteiger partial charge in [-0.3, -0.25) is 19.3 Å². The summed E-state index contributed by atoms with van der Waals surface area (Å²) in [5.74, 6) is -2.57. The number of ether oxygens (including phenoxy) is 1. The Hall–Kier alpha value is -4.60. The van der Waals surface area contributed by atoms with Crippen LogP contribution in [0.2, 0.25) is 0 Å². The van der Waals surface area contributed by atoms with E-state index in [4.69, 9.17) is 10.5 Å². The summed E-state index contributed by atoms with van der Waals surface area (Å²) in [5.41, 5.74) is 7.42. The summed E-state index contributed by atoms with van der Waals surface area (Å²) in [6.45, 7) is 0. The average molecular weight is 463 g/mol. The van der Waals surface area contributed by atoms with Crippen LogP contribution in [0.15, 0.2) is 67.1 Å². The van der Waals surface area contributed by atoms with Gasteiger partial charge in [0.25, 0.3) is 5.91 Å². The van der Waals surface area contributed by atoms with Crippen molar-refractivity contribution in [3.8, 4) is 22.8 Å². The number of anilines is 1. The number of rotatable bonds is 7. The van der Waals surface area contributed by atoms with E-state index >= 15 is 0 Å². The fourth-order valence-corrected chi connectivity index (χ4v) is 3.25. The number of aryl methyl sites for hydroxylation is 1. The van der Waals surface area contributed by atoms with Gasteiger partial charge in [-0.15, -0.1) is 0 Å². The van der Waals surface area contributed by atoms with Crippen molar-refractivity contribution in [3.05, 3.63) is 89.9 Å². The number of primary amides is 1. The van der Waals surface area contributed by atoms with Gasteiger partial charge in [-0.05, 0) is 42.0 Å². The topological polar surface area (TPSA) is 112 Å². The maximum Gasteiger partial charge on any atom is 0.250 e. The SMILES string of the molecule is Cn1cc(-c2cc(Oc3ccc(NC(=O)Cc4ccc(F)c(F)c4)c(C(N)=O)c3)ccn2)cn1. The predicted octanol–water partition coefficient (Wildman–Crippen LogP) is 3.83. The van der Waals surface area contributed by atoms with Crippen LogP contribution in [0.4, 0.5) is 14.5 Å². The third-order valence-corrected chi connectivity index (χ3v) is 4.85. The van der Waals surface area contributed by atoms with Gasteiger partial charge in [-0.1, -0.05) is 6.07 Å². The zero-order chi connectivity index (χ0) is 24.2. The van der Waals surface area contributed by atoms with E-state index in [9.17, 15) is 18.4 Å². The maximum absolute atomic E-state index is 13.4. The second-order valence-electron chi connectivity index (χ2n) is 7.43. The number of nitrogens with zero attached hydrogens (tertiary/aromatic N) is 3. The molecule has 4 rings (SSSR count). The van der Waals surface area contributed by atoms with E-state index in [1.165, 1.54) is 18.2 Å². The van der Waals surface area contributed by atoms with Gasteiger partial charge in [0, 0.05) is 31.1 Å². The fraction of sp³-hybridized carbons (Fsp3) is 0.0833. The lowest BCUT2D eigenvalue weighted by molar-refractivity contribution is -0.115. The van der Waals surface area contributed by atoms with Crippen molar-refractivity contribution in [2.75, 3.05) is 5.32 Å². The molecule has 0 aliphatic carbocycles. The molecule has 2 aromatic heterocycles. The highest BCUT2D eigenvalue weighted by Crippen LogP contribution is 2.28. The van der Waals surface area contributed by atoms with Gasteiger partial charge in [-0.2, -0.15) is 5.10 Å². The Kier molecular flexibility index (Phi) is 6.30. The molecule has 0 radical (unpaired) electrons. The van der Waals surface area contributed by atoms with Crippen LogP contribution in [0.1, 0.15) is 15.9 Å². The summed E-state index contributed by atoms with van der Waals surface area (Å²) in [6, 6.07) is 11.0. The zero-order valence-corrected chi connectivity index (χ0v) is 18.0. The van der Waals surface area contributed by atoms with Crippen LogP contribution in [0.25, 0.3) is 11.3 Å². The van der Waals surface area contributed by atoms with E-state index in [1.807, 2.05) is 6.20 Å². The molecule has 0 unspecified atom stereocenters. The van der Waals surface area contributed by atoms with Crippen molar-refractivity contribution >= 4 is 17.5 Å². The minimum Gasteiger partial charge on any atom is -0.457 e. The van der Waals surface area contributed by atoms with E-state index in [0.29, 0.717) is 17.2 Å². The van der Waals surface area contributed by atoms with Gasteiger partial charge >= 0.3 is 0 Å². The van der Waals surface area contributed by atoms with Crippen LogP contribution in [0.5, 0.6) is 11.5 Å². The number of nitrogens with one attached hydrogen (secondary N) is 1. The summed E-state index contributed by atoms with van der Waals surface area (Å²) in [5, 5.41) is 6.69. The van der Waals surface area contributed by atoms with Gasteiger partial charge in [0.05, 0.1) is 29.6 Å². The number of carbonyl (C=O) groups is 2. The molecule has 172 valence electrons. The minimum absolute atomic E-state index is 0.0256. The molecule has 0 aliphatic rings. The second-order valence-corrected chi connectivity index (χ2v) is 7.43. The highest BCUT2D eigenvalue weighted by Gasteiger charge is 2.15. The molecule has 2 heterocycles. The second kappa shape index (κ2) is 9.49. The number of benzene rings is 2. The molecule has 2 amide bonds. The largest absolute Gasteiger partial charge is 0.457 e. The average Bonchev–Trinajstić information content (AvgIpc) is 3.24. The number of aromatic nitrogens is 3. The standard InChI is InChI=1S/C24H19F2N5O3/c1-31-13-15(12-29-31)22-11-17(6-7-28-22)34-16-3-5-21(18(10-16)24(27)33)30-23(32)9-14-2-4-19(25)20(26)8-14/h2-8,10-13H,9H2,1H3,(H2,27,33)(H,30,32). The molecule has 0 saturated heterocycles. The lowest BCUT2D eigenvalue weighted by Crippen LogP contribution is -2.19. The minimum atomic E-state index is -1.05. The highest BCUT2D eigenvalue weighted by molar-refractivity contribution is 6.03. The van der Waals surface area contributed by atoms with Gasteiger partial charge in [-0.25, -0.2) is 8.78 Å². The van der Waals surface area contributed by atoms with Crippen molar-refractivity contribution in [2.24, 2.45) is 12.8 Å². The Bertz CT molecular complexity index is 1390. The van der Waals surface area contributed by atoms with Crippen molar-refractivity contribution in [2.45, 2.75) is 6.42 Å². The predicted molar refractivity (Wildman–Crippen MR) is 120 cm³/mol. The molecule has 34 heavy (non-hydrogen) atoms. The molecule has 0 spiro atoms. The number of pyridine rings is 1. The summed E-state index contributed by atoms with van der Waals surface area (Å²) < 4.78 is 34.0. The molecule has 3 N–H and O–H groups in total. The number of hydrogen-bond acceptors (Lipinski definition) is 5. The molecule has 0 bridgehead atoms. The Morgan fingerprint density at radius 1 is 1.06 bits per heavy atom. The third kappa shape index (κ3) is 5.23. The van der Waals surface area contributed by atoms with Gasteiger partial charge in [0.15, 0.2) is 11.6 Å². The lowest BCUT2D eigenvalue weighted by atomic mass is 10.1. The maximum atomic E-state index is 13.4. The van der Waals surface area contributed by atoms with E-state index in [1.54, 1.807) is 42.3 Å². The highest BCUT2D eigenvalue weighted by atomic mass is 19.2. The van der Waals surface area contributed by atoms with E-state index in [2.05, 4.69) is 15.4 Å². The van der Waals surface area contributed by atoms with Crippen LogP contribution in [0.3, 0.4) is 0 Å². The Morgan fingerprint density at radius 3 is 2.56 bits per heavy atom. The number of halogens is 2. The van der Waals surface area contributed by atoms with Crippen LogP contribution in [0, 0.1) is 11.6 Å². The first kappa shape index (κ1) is 22.6. The normalized spacial score (nSPS) is 10.7. The van der Waals surface area contributed by atoms with Crippen molar-refractivity contribution < 1.29 is 23.1 Å². The Morgan fingerprint density at radius 2 is 1.85 bits per heavy atom. The first-order valence-corrected chi connectivity index (χ1v) is 10.1. The quantitative estimate of drug-likeness (QED) is 0.433. The summed E-state index contributed by atoms with van der Waals surface area (Å²) in [7, 11) is 1.80. The molecular weight excluding hydrogens is 444 g/mol. The van der Waals surface area contributed by atoms with Crippen molar-refractivity contribution in [3.63, 3.8) is 0 Å². The molecule has 8 nitrogen and oxygen atoms in total. The van der Waals surface area contributed by atoms with E-state index < -0.39 is 23.4 Å². The lowest BCUT2D eigenvalue weighted by Gasteiger charge is -2.12. The summed E-state index contributed by atoms with van der Waals surface area (Å²) >= 11 is 0. The smallest absolute Gasteiger partial charge is 0.250 e. The summed E-state index contributed by atoms with van der Waals surface area (Å²) in [6.07, 6.45) is 4.85. The monoisotopic (exact) mass is 463 g/mol. The molecular formula is C24H19F2N5O3. The molecule has 0 aliphatic heterocycles. The first-order chi connectivity index (χ1) is 16.3. The van der Waals surface area contributed by atoms with E-state index in [0.717, 1.165) is 17.7 Å². The number of hydrogen-bond donors (Lipinski definition) is 2. The fourth-order valence-electron chi connectivity index (χ4n) is 3.25. The van der Waals surface area contributed by atoms with Crippen molar-refractivity contribution in [1.82, 2.24) is 14.8 Å². The van der Waals surface area contributed by atoms with Crippen LogP contribution in [-0.4, -0.2) is 26.6 Å². The molecule has 0 fully saturated rings. The van der Waals surface area contributed by atoms with Crippen LogP contribution < -0.4 is 15.8 Å². The van der Waals surface area contributed by atoms with Crippen molar-refractivity contribution in [1.29, 1.82) is 0 Å². The molecule has 0 saturated carbocycles. The van der Waals surface area contributed by atoms with Gasteiger partial charge < -0.3 is 15.8 Å². The number of carbonyl (C=O) groups excluding carboxylic acids is 2. The number of amides is 2. The number of nitrogens with two attached hydrogens (primary N) is 1. The van der Waals surface area contributed by atoms with Crippen LogP contribution >= 0.6 is 0 Å². The first-order valence-electron chi connectivity index (χ1n) is 10.1. The van der Waals surface area contributed by atoms with Gasteiger partial charge in [0.2, 0.25) is 5.91 Å². The molecule has 10 heteroatoms. The molecule has 2 aromatic carbocycles. The third-order valence-electron chi connectivity index (χ3n) is 4.85. The Balaban J connectivity index is 1.51. The molecule has 0 atom stereocenters. The molecule has 4 aromatic rings. The van der Waals surface area contributed by atoms with E-state index in [-0.39, 0.29) is 23.2 Å². The summed E-state index contributed by atoms with van der Waals surface area (Å²) in [4.78, 5) is 28.7. The van der Waals surface area contributed by atoms with Gasteiger partial charge in [0.1, 0.15) is 11.5 Å². The van der Waals surface area contributed by atoms with Crippen LogP contribution in [-0.2, 0) is 18.3 Å². The Labute approximate surface area is 193 Å².